The number of piperidine rings is 1. The molecular weight excluding hydrogens is 322 g/mol. The molecule has 1 fully saturated rings. The van der Waals surface area contributed by atoms with Crippen molar-refractivity contribution < 1.29 is 4.79 Å². The second-order valence-corrected chi connectivity index (χ2v) is 7.16. The highest BCUT2D eigenvalue weighted by molar-refractivity contribution is 6.13. The van der Waals surface area contributed by atoms with E-state index in [4.69, 9.17) is 0 Å². The number of hydrogen-bond acceptors (Lipinski definition) is 2. The zero-order valence-corrected chi connectivity index (χ0v) is 15.2. The van der Waals surface area contributed by atoms with E-state index >= 15 is 0 Å². The third kappa shape index (κ3) is 3.51. The molecule has 0 atom stereocenters. The summed E-state index contributed by atoms with van der Waals surface area (Å²) in [5.41, 5.74) is 4.72. The number of nitrogens with zero attached hydrogens (tertiary/aromatic N) is 1. The number of amides is 1. The molecule has 0 bridgehead atoms. The molecule has 3 aromatic rings. The Kier molecular flexibility index (Phi) is 4.76. The molecule has 4 nitrogen and oxygen atoms in total. The van der Waals surface area contributed by atoms with Crippen LogP contribution in [0, 0.1) is 6.92 Å². The molecule has 2 heterocycles. The second kappa shape index (κ2) is 7.34. The number of nitrogens with one attached hydrogen (secondary N) is 2. The summed E-state index contributed by atoms with van der Waals surface area (Å²) < 4.78 is 0. The fourth-order valence-electron chi connectivity index (χ4n) is 3.89. The molecule has 1 saturated heterocycles. The number of aromatic nitrogens is 1. The Morgan fingerprint density at radius 3 is 2.73 bits per heavy atom. The monoisotopic (exact) mass is 347 g/mol. The van der Waals surface area contributed by atoms with Gasteiger partial charge in [-0.15, -0.1) is 0 Å². The fourth-order valence-corrected chi connectivity index (χ4v) is 3.89. The number of para-hydroxylation sites is 1. The van der Waals surface area contributed by atoms with Gasteiger partial charge < -0.3 is 10.3 Å². The van der Waals surface area contributed by atoms with Gasteiger partial charge in [0.15, 0.2) is 0 Å². The van der Waals surface area contributed by atoms with Crippen LogP contribution < -0.4 is 5.32 Å². The Balaban J connectivity index is 1.52. The second-order valence-electron chi connectivity index (χ2n) is 7.16. The van der Waals surface area contributed by atoms with E-state index in [-0.39, 0.29) is 5.91 Å². The van der Waals surface area contributed by atoms with Crippen LogP contribution in [0.25, 0.3) is 10.9 Å². The lowest BCUT2D eigenvalue weighted by atomic mass is 10.1. The van der Waals surface area contributed by atoms with E-state index in [9.17, 15) is 4.79 Å². The van der Waals surface area contributed by atoms with Crippen LogP contribution in [-0.2, 0) is 6.54 Å². The van der Waals surface area contributed by atoms with Gasteiger partial charge in [-0.1, -0.05) is 36.8 Å². The quantitative estimate of drug-likeness (QED) is 0.718. The first kappa shape index (κ1) is 16.9. The normalized spacial score (nSPS) is 15.3. The highest BCUT2D eigenvalue weighted by Gasteiger charge is 2.16. The summed E-state index contributed by atoms with van der Waals surface area (Å²) in [5, 5.41) is 4.04. The maximum Gasteiger partial charge on any atom is 0.258 e. The average Bonchev–Trinajstić information content (AvgIpc) is 2.98. The lowest BCUT2D eigenvalue weighted by molar-refractivity contribution is 0.102. The van der Waals surface area contributed by atoms with Crippen molar-refractivity contribution in [1.82, 2.24) is 9.88 Å². The summed E-state index contributed by atoms with van der Waals surface area (Å²) in [6, 6.07) is 16.1. The van der Waals surface area contributed by atoms with Gasteiger partial charge in [-0.05, 0) is 56.6 Å². The van der Waals surface area contributed by atoms with Gasteiger partial charge in [-0.3, -0.25) is 9.69 Å². The Bertz CT molecular complexity index is 922. The van der Waals surface area contributed by atoms with Crippen molar-refractivity contribution in [1.29, 1.82) is 0 Å². The summed E-state index contributed by atoms with van der Waals surface area (Å²) >= 11 is 0. The molecule has 1 aliphatic rings. The van der Waals surface area contributed by atoms with Gasteiger partial charge in [-0.2, -0.15) is 0 Å². The van der Waals surface area contributed by atoms with Gasteiger partial charge in [-0.25, -0.2) is 0 Å². The number of rotatable bonds is 4. The van der Waals surface area contributed by atoms with E-state index in [0.29, 0.717) is 0 Å². The van der Waals surface area contributed by atoms with Crippen LogP contribution in [0.15, 0.2) is 48.5 Å². The number of benzene rings is 2. The largest absolute Gasteiger partial charge is 0.358 e. The van der Waals surface area contributed by atoms with Gasteiger partial charge in [0, 0.05) is 28.8 Å². The predicted octanol–water partition coefficient (Wildman–Crippen LogP) is 4.71. The number of H-pyrrole nitrogens is 1. The van der Waals surface area contributed by atoms with E-state index in [1.54, 1.807) is 0 Å². The highest BCUT2D eigenvalue weighted by atomic mass is 16.1. The van der Waals surface area contributed by atoms with E-state index in [1.165, 1.54) is 37.9 Å². The van der Waals surface area contributed by atoms with Gasteiger partial charge in [0.1, 0.15) is 0 Å². The molecule has 1 aromatic heterocycles. The Morgan fingerprint density at radius 2 is 1.88 bits per heavy atom. The maximum atomic E-state index is 12.9. The minimum Gasteiger partial charge on any atom is -0.358 e. The average molecular weight is 347 g/mol. The molecule has 0 spiro atoms. The topological polar surface area (TPSA) is 48.1 Å². The molecule has 1 aliphatic heterocycles. The van der Waals surface area contributed by atoms with Crippen molar-refractivity contribution in [2.75, 3.05) is 18.4 Å². The number of fused-ring (bicyclic) bond motifs is 1. The van der Waals surface area contributed by atoms with Gasteiger partial charge in [0.2, 0.25) is 0 Å². The van der Waals surface area contributed by atoms with Gasteiger partial charge >= 0.3 is 0 Å². The number of aryl methyl sites for hydroxylation is 1. The molecule has 26 heavy (non-hydrogen) atoms. The molecule has 1 amide bonds. The molecule has 2 N–H and O–H groups in total. The van der Waals surface area contributed by atoms with Crippen molar-refractivity contribution in [2.45, 2.75) is 32.7 Å². The van der Waals surface area contributed by atoms with E-state index in [2.05, 4.69) is 27.3 Å². The third-order valence-electron chi connectivity index (χ3n) is 5.16. The molecule has 0 saturated carbocycles. The van der Waals surface area contributed by atoms with Crippen LogP contribution in [0.3, 0.4) is 0 Å². The van der Waals surface area contributed by atoms with Crippen molar-refractivity contribution in [3.8, 4) is 0 Å². The molecule has 0 aliphatic carbocycles. The lowest BCUT2D eigenvalue weighted by Crippen LogP contribution is -2.29. The zero-order valence-electron chi connectivity index (χ0n) is 15.2. The van der Waals surface area contributed by atoms with Crippen LogP contribution in [0.4, 0.5) is 5.69 Å². The standard InChI is InChI=1S/C22H25N3O/c1-16-21(19-10-3-4-11-20(19)23-16)22(26)24-18-9-7-8-17(14-18)15-25-12-5-2-6-13-25/h3-4,7-11,14,23H,2,5-6,12-13,15H2,1H3,(H,24,26). The number of hydrogen-bond donors (Lipinski definition) is 2. The summed E-state index contributed by atoms with van der Waals surface area (Å²) in [6.45, 7) is 5.24. The van der Waals surface area contributed by atoms with Crippen LogP contribution in [0.1, 0.15) is 40.9 Å². The van der Waals surface area contributed by atoms with E-state index in [1.807, 2.05) is 43.3 Å². The first-order valence-electron chi connectivity index (χ1n) is 9.41. The molecule has 4 heteroatoms. The third-order valence-corrected chi connectivity index (χ3v) is 5.16. The van der Waals surface area contributed by atoms with Crippen molar-refractivity contribution in [2.24, 2.45) is 0 Å². The van der Waals surface area contributed by atoms with Crippen LogP contribution in [0.5, 0.6) is 0 Å². The number of anilines is 1. The van der Waals surface area contributed by atoms with Gasteiger partial charge in [0.25, 0.3) is 5.91 Å². The zero-order chi connectivity index (χ0) is 17.9. The van der Waals surface area contributed by atoms with Gasteiger partial charge in [0.05, 0.1) is 5.56 Å². The first-order chi connectivity index (χ1) is 12.7. The minimum absolute atomic E-state index is 0.0601. The molecule has 0 radical (unpaired) electrons. The molecular formula is C22H25N3O. The molecule has 4 rings (SSSR count). The first-order valence-corrected chi connectivity index (χ1v) is 9.41. The van der Waals surface area contributed by atoms with E-state index in [0.717, 1.165) is 34.4 Å². The van der Waals surface area contributed by atoms with Crippen molar-refractivity contribution in [3.63, 3.8) is 0 Å². The number of aromatic amines is 1. The lowest BCUT2D eigenvalue weighted by Gasteiger charge is -2.26. The van der Waals surface area contributed by atoms with Crippen LogP contribution in [0.2, 0.25) is 0 Å². The predicted molar refractivity (Wildman–Crippen MR) is 107 cm³/mol. The van der Waals surface area contributed by atoms with Crippen LogP contribution >= 0.6 is 0 Å². The van der Waals surface area contributed by atoms with E-state index < -0.39 is 0 Å². The SMILES string of the molecule is Cc1[nH]c2ccccc2c1C(=O)Nc1cccc(CN2CCCCC2)c1. The fraction of sp³-hybridized carbons (Fsp3) is 0.318. The van der Waals surface area contributed by atoms with Crippen LogP contribution in [-0.4, -0.2) is 28.9 Å². The number of likely N-dealkylation sites (tertiary alicyclic amines) is 1. The maximum absolute atomic E-state index is 12.9. The molecule has 2 aromatic carbocycles. The Hall–Kier alpha value is -2.59. The summed E-state index contributed by atoms with van der Waals surface area (Å²) in [5.74, 6) is -0.0601. The van der Waals surface area contributed by atoms with Crippen molar-refractivity contribution >= 4 is 22.5 Å². The summed E-state index contributed by atoms with van der Waals surface area (Å²) in [7, 11) is 0. The summed E-state index contributed by atoms with van der Waals surface area (Å²) in [6.07, 6.45) is 3.92. The number of carbonyl (C=O) groups excluding carboxylic acids is 1. The highest BCUT2D eigenvalue weighted by Crippen LogP contribution is 2.23. The smallest absolute Gasteiger partial charge is 0.258 e. The summed E-state index contributed by atoms with van der Waals surface area (Å²) in [4.78, 5) is 18.7. The molecule has 134 valence electrons. The molecule has 0 unspecified atom stereocenters. The number of carbonyl (C=O) groups is 1. The minimum atomic E-state index is -0.0601. The van der Waals surface area contributed by atoms with Crippen molar-refractivity contribution in [3.05, 3.63) is 65.4 Å². The Labute approximate surface area is 154 Å². The Morgan fingerprint density at radius 1 is 1.08 bits per heavy atom.